The van der Waals surface area contributed by atoms with Crippen LogP contribution >= 0.6 is 0 Å². The molecule has 1 aliphatic carbocycles. The summed E-state index contributed by atoms with van der Waals surface area (Å²) in [5.74, 6) is 0.813. The first-order valence-electron chi connectivity index (χ1n) is 12.6. The van der Waals surface area contributed by atoms with E-state index in [2.05, 4.69) is 4.98 Å². The van der Waals surface area contributed by atoms with Crippen molar-refractivity contribution < 1.29 is 23.5 Å². The third-order valence-electron chi connectivity index (χ3n) is 7.12. The Morgan fingerprint density at radius 1 is 1.03 bits per heavy atom. The summed E-state index contributed by atoms with van der Waals surface area (Å²) in [6.45, 7) is 0.827. The van der Waals surface area contributed by atoms with E-state index in [-0.39, 0.29) is 22.4 Å². The summed E-state index contributed by atoms with van der Waals surface area (Å²) in [5, 5.41) is 14.4. The Bertz CT molecular complexity index is 1070. The van der Waals surface area contributed by atoms with Crippen molar-refractivity contribution in [3.8, 4) is 0 Å². The first-order valence-corrected chi connectivity index (χ1v) is 12.6. The number of rotatable bonds is 9. The van der Waals surface area contributed by atoms with Gasteiger partial charge >= 0.3 is 6.09 Å². The molecule has 186 valence electrons. The van der Waals surface area contributed by atoms with E-state index in [1.165, 1.54) is 6.42 Å². The van der Waals surface area contributed by atoms with Crippen LogP contribution in [0.5, 0.6) is 0 Å². The van der Waals surface area contributed by atoms with Gasteiger partial charge in [0, 0.05) is 6.42 Å². The van der Waals surface area contributed by atoms with Gasteiger partial charge in [0.1, 0.15) is 12.4 Å². The van der Waals surface area contributed by atoms with Crippen LogP contribution in [0.1, 0.15) is 54.9 Å². The normalized spacial score (nSPS) is 16.5. The van der Waals surface area contributed by atoms with E-state index in [1.54, 1.807) is 6.20 Å². The van der Waals surface area contributed by atoms with E-state index in [0.29, 0.717) is 37.3 Å². The van der Waals surface area contributed by atoms with Gasteiger partial charge < -0.3 is 14.3 Å². The zero-order valence-corrected chi connectivity index (χ0v) is 20.8. The van der Waals surface area contributed by atoms with Crippen LogP contribution in [0, 0.1) is 5.92 Å². The van der Waals surface area contributed by atoms with Crippen molar-refractivity contribution in [2.75, 3.05) is 27.2 Å². The quantitative estimate of drug-likeness (QED) is 0.413. The molecule has 0 unspecified atom stereocenters. The molecule has 4 rings (SSSR count). The maximum Gasteiger partial charge on any atom is 0.515 e. The topological polar surface area (TPSA) is 75.4 Å². The number of aromatic nitrogens is 1. The smallest absolute Gasteiger partial charge is 0.515 e. The van der Waals surface area contributed by atoms with Gasteiger partial charge in [-0.05, 0) is 22.6 Å². The monoisotopic (exact) mass is 476 g/mol. The van der Waals surface area contributed by atoms with Crippen molar-refractivity contribution in [1.29, 1.82) is 0 Å². The molecule has 0 bridgehead atoms. The number of oxazole rings is 1. The van der Waals surface area contributed by atoms with Gasteiger partial charge in [-0.1, -0.05) is 92.8 Å². The minimum absolute atomic E-state index is 0.0445. The van der Waals surface area contributed by atoms with Crippen molar-refractivity contribution in [2.24, 2.45) is 5.92 Å². The molecule has 1 fully saturated rings. The van der Waals surface area contributed by atoms with Crippen LogP contribution in [-0.4, -0.2) is 42.8 Å². The molecule has 1 heterocycles. The highest BCUT2D eigenvalue weighted by molar-refractivity contribution is 5.59. The molecule has 6 heteroatoms. The number of nitrogens with zero attached hydrogens (tertiary/aromatic N) is 2. The number of carbonyl (C=O) groups is 1. The largest absolute Gasteiger partial charge is 0.839 e. The molecule has 0 spiro atoms. The van der Waals surface area contributed by atoms with E-state index >= 15 is 0 Å². The van der Waals surface area contributed by atoms with Crippen molar-refractivity contribution in [2.45, 2.75) is 50.5 Å². The Balaban J connectivity index is 1.40. The highest BCUT2D eigenvalue weighted by atomic mass is 16.6. The van der Waals surface area contributed by atoms with Gasteiger partial charge in [0.05, 0.1) is 33.3 Å². The molecule has 2 aromatic carbocycles. The standard InChI is InChI=1S/C29H36N2O4/c1-31(2,28(32)34-21-19-23-12-6-3-7-13-23)20-18-26-22-30-27(35-26)29(33,24-14-8-4-9-15-24)25-16-10-5-11-17-25/h3-4,6-9,12-15,22,25H,5,10-11,16-21H2,1-2H3/t29-/m0/s1. The Hall–Kier alpha value is -2.96. The lowest BCUT2D eigenvalue weighted by Gasteiger charge is -2.46. The Morgan fingerprint density at radius 2 is 1.69 bits per heavy atom. The predicted molar refractivity (Wildman–Crippen MR) is 132 cm³/mol. The van der Waals surface area contributed by atoms with E-state index in [4.69, 9.17) is 9.15 Å². The SMILES string of the molecule is C[N+](C)(CCc1cnc([C@]([O-])(c2ccccc2)C2CCCCC2)o1)C(=O)OCCc1ccccc1. The van der Waals surface area contributed by atoms with Gasteiger partial charge in [-0.25, -0.2) is 9.47 Å². The minimum Gasteiger partial charge on any atom is -0.839 e. The summed E-state index contributed by atoms with van der Waals surface area (Å²) in [5.41, 5.74) is 0.344. The van der Waals surface area contributed by atoms with Gasteiger partial charge in [-0.3, -0.25) is 0 Å². The molecule has 0 N–H and O–H groups in total. The highest BCUT2D eigenvalue weighted by Crippen LogP contribution is 2.41. The summed E-state index contributed by atoms with van der Waals surface area (Å²) in [4.78, 5) is 17.2. The fourth-order valence-electron chi connectivity index (χ4n) is 4.88. The number of carbonyl (C=O) groups excluding carboxylic acids is 1. The fourth-order valence-corrected chi connectivity index (χ4v) is 4.88. The molecule has 6 nitrogen and oxygen atoms in total. The third kappa shape index (κ3) is 6.00. The highest BCUT2D eigenvalue weighted by Gasteiger charge is 2.36. The zero-order valence-electron chi connectivity index (χ0n) is 20.8. The van der Waals surface area contributed by atoms with Gasteiger partial charge in [0.15, 0.2) is 5.89 Å². The maximum atomic E-state index is 14.4. The number of ether oxygens (including phenoxy) is 1. The number of amides is 1. The van der Waals surface area contributed by atoms with E-state index in [0.717, 1.165) is 31.2 Å². The first kappa shape index (κ1) is 25.1. The lowest BCUT2D eigenvalue weighted by molar-refractivity contribution is -0.817. The maximum absolute atomic E-state index is 14.4. The van der Waals surface area contributed by atoms with E-state index in [1.807, 2.05) is 74.8 Å². The Kier molecular flexibility index (Phi) is 8.04. The minimum atomic E-state index is -1.50. The number of benzene rings is 2. The number of likely N-dealkylation sites (N-methyl/N-ethyl adjacent to an activating group) is 1. The van der Waals surface area contributed by atoms with E-state index in [9.17, 15) is 9.90 Å². The molecule has 1 amide bonds. The van der Waals surface area contributed by atoms with Crippen LogP contribution in [0.2, 0.25) is 0 Å². The average Bonchev–Trinajstić information content (AvgIpc) is 3.38. The van der Waals surface area contributed by atoms with Gasteiger partial charge in [-0.2, -0.15) is 4.79 Å². The van der Waals surface area contributed by atoms with Crippen LogP contribution < -0.4 is 5.11 Å². The number of hydrogen-bond acceptors (Lipinski definition) is 5. The summed E-state index contributed by atoms with van der Waals surface area (Å²) in [6.07, 6.45) is 7.60. The molecule has 0 radical (unpaired) electrons. The van der Waals surface area contributed by atoms with Crippen molar-refractivity contribution in [3.63, 3.8) is 0 Å². The second-order valence-electron chi connectivity index (χ2n) is 10.1. The summed E-state index contributed by atoms with van der Waals surface area (Å²) in [7, 11) is 3.65. The molecule has 1 saturated carbocycles. The van der Waals surface area contributed by atoms with Gasteiger partial charge in [-0.15, -0.1) is 0 Å². The molecule has 1 atom stereocenters. The fraction of sp³-hybridized carbons (Fsp3) is 0.448. The van der Waals surface area contributed by atoms with Gasteiger partial charge in [0.2, 0.25) is 0 Å². The molecule has 1 aromatic heterocycles. The van der Waals surface area contributed by atoms with Crippen LogP contribution in [0.4, 0.5) is 4.79 Å². The summed E-state index contributed by atoms with van der Waals surface area (Å²) >= 11 is 0. The van der Waals surface area contributed by atoms with Gasteiger partial charge in [0.25, 0.3) is 0 Å². The van der Waals surface area contributed by atoms with Crippen molar-refractivity contribution in [1.82, 2.24) is 4.98 Å². The molecular formula is C29H36N2O4. The summed E-state index contributed by atoms with van der Waals surface area (Å²) in [6, 6.07) is 19.5. The van der Waals surface area contributed by atoms with Crippen LogP contribution in [0.3, 0.4) is 0 Å². The molecular weight excluding hydrogens is 440 g/mol. The van der Waals surface area contributed by atoms with Crippen LogP contribution in [0.25, 0.3) is 0 Å². The second-order valence-corrected chi connectivity index (χ2v) is 10.1. The predicted octanol–water partition coefficient (Wildman–Crippen LogP) is 4.86. The van der Waals surface area contributed by atoms with Crippen molar-refractivity contribution in [3.05, 3.63) is 89.6 Å². The molecule has 0 saturated heterocycles. The molecule has 3 aromatic rings. The number of quaternary nitrogens is 1. The number of hydrogen-bond donors (Lipinski definition) is 0. The first-order chi connectivity index (χ1) is 16.9. The second kappa shape index (κ2) is 11.2. The summed E-state index contributed by atoms with van der Waals surface area (Å²) < 4.78 is 11.7. The Labute approximate surface area is 208 Å². The lowest BCUT2D eigenvalue weighted by atomic mass is 9.73. The molecule has 0 aliphatic heterocycles. The lowest BCUT2D eigenvalue weighted by Crippen LogP contribution is -2.49. The van der Waals surface area contributed by atoms with Crippen molar-refractivity contribution >= 4 is 6.09 Å². The van der Waals surface area contributed by atoms with Crippen LogP contribution in [0.15, 0.2) is 71.3 Å². The Morgan fingerprint density at radius 3 is 2.37 bits per heavy atom. The average molecular weight is 477 g/mol. The third-order valence-corrected chi connectivity index (χ3v) is 7.12. The van der Waals surface area contributed by atoms with Crippen LogP contribution in [-0.2, 0) is 23.2 Å². The van der Waals surface area contributed by atoms with E-state index < -0.39 is 5.60 Å². The zero-order chi connectivity index (χ0) is 24.7. The molecule has 35 heavy (non-hydrogen) atoms. The molecule has 1 aliphatic rings.